The second-order valence-corrected chi connectivity index (χ2v) is 6.88. The number of fused-ring (bicyclic) bond motifs is 1. The van der Waals surface area contributed by atoms with E-state index in [0.29, 0.717) is 5.92 Å². The molecule has 0 bridgehead atoms. The average molecular weight is 361 g/mol. The van der Waals surface area contributed by atoms with Crippen molar-refractivity contribution in [1.29, 1.82) is 0 Å². The molecule has 0 unspecified atom stereocenters. The molecule has 0 aliphatic carbocycles. The van der Waals surface area contributed by atoms with Gasteiger partial charge in [-0.05, 0) is 47.5 Å². The number of benzene rings is 2. The molecule has 0 saturated heterocycles. The topological polar surface area (TPSA) is 20.7 Å². The Hall–Kier alpha value is -1.39. The van der Waals surface area contributed by atoms with E-state index in [-0.39, 0.29) is 0 Å². The van der Waals surface area contributed by atoms with Crippen LogP contribution in [-0.2, 0) is 6.54 Å². The smallest absolute Gasteiger partial charge is 0.178 e. The fraction of sp³-hybridized carbons (Fsp3) is 0.235. The highest BCUT2D eigenvalue weighted by Crippen LogP contribution is 2.21. The van der Waals surface area contributed by atoms with Crippen LogP contribution in [0.2, 0.25) is 0 Å². The monoisotopic (exact) mass is 360 g/mol. The van der Waals surface area contributed by atoms with Gasteiger partial charge in [-0.15, -0.1) is 0 Å². The number of nitrogens with zero attached hydrogens (tertiary/aromatic N) is 1. The number of H-pyrrole nitrogens is 1. The van der Waals surface area contributed by atoms with Crippen molar-refractivity contribution in [3.8, 4) is 0 Å². The Morgan fingerprint density at radius 3 is 2.52 bits per heavy atom. The SMILES string of the molecule is CC(C)c1ccc(Cn2c(=S)[nH]c3cc(Br)ccc32)cc1. The van der Waals surface area contributed by atoms with E-state index in [1.165, 1.54) is 11.1 Å². The van der Waals surface area contributed by atoms with Crippen LogP contribution in [-0.4, -0.2) is 9.55 Å². The molecule has 0 spiro atoms. The molecular formula is C17H17BrN2S. The number of halogens is 1. The summed E-state index contributed by atoms with van der Waals surface area (Å²) in [4.78, 5) is 3.27. The first-order valence-electron chi connectivity index (χ1n) is 7.01. The molecule has 21 heavy (non-hydrogen) atoms. The van der Waals surface area contributed by atoms with Gasteiger partial charge in [0, 0.05) is 4.47 Å². The first-order valence-corrected chi connectivity index (χ1v) is 8.21. The Morgan fingerprint density at radius 2 is 1.86 bits per heavy atom. The first-order chi connectivity index (χ1) is 10.0. The standard InChI is InChI=1S/C17H17BrN2S/c1-11(2)13-5-3-12(4-6-13)10-20-16-8-7-14(18)9-15(16)19-17(20)21/h3-9,11H,10H2,1-2H3,(H,19,21). The lowest BCUT2D eigenvalue weighted by molar-refractivity contribution is 0.806. The highest BCUT2D eigenvalue weighted by atomic mass is 79.9. The average Bonchev–Trinajstić information content (AvgIpc) is 2.75. The summed E-state index contributed by atoms with van der Waals surface area (Å²) in [5, 5.41) is 0. The van der Waals surface area contributed by atoms with Gasteiger partial charge in [-0.2, -0.15) is 0 Å². The van der Waals surface area contributed by atoms with Crippen molar-refractivity contribution in [3.63, 3.8) is 0 Å². The quantitative estimate of drug-likeness (QED) is 0.600. The third-order valence-electron chi connectivity index (χ3n) is 3.72. The zero-order valence-corrected chi connectivity index (χ0v) is 14.5. The Morgan fingerprint density at radius 1 is 1.14 bits per heavy atom. The molecule has 0 atom stereocenters. The molecule has 3 rings (SSSR count). The Labute approximate surface area is 137 Å². The highest BCUT2D eigenvalue weighted by molar-refractivity contribution is 9.10. The number of rotatable bonds is 3. The van der Waals surface area contributed by atoms with E-state index in [1.807, 2.05) is 6.07 Å². The van der Waals surface area contributed by atoms with Crippen LogP contribution in [0.4, 0.5) is 0 Å². The summed E-state index contributed by atoms with van der Waals surface area (Å²) in [5.74, 6) is 0.562. The molecule has 0 saturated carbocycles. The molecule has 1 heterocycles. The summed E-state index contributed by atoms with van der Waals surface area (Å²) in [6, 6.07) is 15.0. The molecule has 3 aromatic rings. The molecule has 0 radical (unpaired) electrons. The summed E-state index contributed by atoms with van der Waals surface area (Å²) in [6.45, 7) is 5.21. The van der Waals surface area contributed by atoms with Gasteiger partial charge in [-0.25, -0.2) is 0 Å². The molecule has 2 nitrogen and oxygen atoms in total. The third-order valence-corrected chi connectivity index (χ3v) is 4.54. The minimum atomic E-state index is 0.562. The minimum Gasteiger partial charge on any atom is -0.331 e. The first kappa shape index (κ1) is 14.5. The predicted octanol–water partition coefficient (Wildman–Crippen LogP) is 5.63. The Kier molecular flexibility index (Phi) is 4.00. The van der Waals surface area contributed by atoms with Crippen molar-refractivity contribution in [1.82, 2.24) is 9.55 Å². The lowest BCUT2D eigenvalue weighted by Crippen LogP contribution is -2.00. The van der Waals surface area contributed by atoms with E-state index in [4.69, 9.17) is 12.2 Å². The minimum absolute atomic E-state index is 0.562. The number of nitrogens with one attached hydrogen (secondary N) is 1. The molecule has 0 aliphatic heterocycles. The van der Waals surface area contributed by atoms with Crippen LogP contribution in [0.5, 0.6) is 0 Å². The van der Waals surface area contributed by atoms with Gasteiger partial charge in [0.05, 0.1) is 17.6 Å². The second kappa shape index (κ2) is 5.78. The van der Waals surface area contributed by atoms with E-state index in [9.17, 15) is 0 Å². The Balaban J connectivity index is 1.98. The molecule has 4 heteroatoms. The lowest BCUT2D eigenvalue weighted by atomic mass is 10.0. The summed E-state index contributed by atoms with van der Waals surface area (Å²) in [7, 11) is 0. The van der Waals surface area contributed by atoms with Crippen molar-refractivity contribution in [2.45, 2.75) is 26.3 Å². The van der Waals surface area contributed by atoms with Gasteiger partial charge in [0.1, 0.15) is 0 Å². The number of aromatic nitrogens is 2. The van der Waals surface area contributed by atoms with Crippen LogP contribution in [0.1, 0.15) is 30.9 Å². The summed E-state index contributed by atoms with van der Waals surface area (Å²) >= 11 is 8.95. The number of imidazole rings is 1. The van der Waals surface area contributed by atoms with Gasteiger partial charge < -0.3 is 9.55 Å². The molecule has 2 aromatic carbocycles. The van der Waals surface area contributed by atoms with Gasteiger partial charge in [-0.3, -0.25) is 0 Å². The van der Waals surface area contributed by atoms with Crippen LogP contribution in [0, 0.1) is 4.77 Å². The van der Waals surface area contributed by atoms with Gasteiger partial charge in [0.2, 0.25) is 0 Å². The second-order valence-electron chi connectivity index (χ2n) is 5.57. The van der Waals surface area contributed by atoms with Crippen molar-refractivity contribution < 1.29 is 0 Å². The number of hydrogen-bond acceptors (Lipinski definition) is 1. The normalized spacial score (nSPS) is 11.4. The third kappa shape index (κ3) is 2.97. The molecule has 0 amide bonds. The zero-order valence-electron chi connectivity index (χ0n) is 12.1. The number of aromatic amines is 1. The van der Waals surface area contributed by atoms with E-state index in [1.54, 1.807) is 0 Å². The van der Waals surface area contributed by atoms with Crippen LogP contribution >= 0.6 is 28.1 Å². The molecule has 0 aliphatic rings. The van der Waals surface area contributed by atoms with Gasteiger partial charge >= 0.3 is 0 Å². The van der Waals surface area contributed by atoms with E-state index in [2.05, 4.69) is 75.7 Å². The van der Waals surface area contributed by atoms with E-state index in [0.717, 1.165) is 26.8 Å². The van der Waals surface area contributed by atoms with Crippen LogP contribution in [0.15, 0.2) is 46.9 Å². The van der Waals surface area contributed by atoms with Crippen LogP contribution < -0.4 is 0 Å². The maximum absolute atomic E-state index is 5.45. The Bertz CT molecular complexity index is 828. The molecule has 1 aromatic heterocycles. The summed E-state index contributed by atoms with van der Waals surface area (Å²) in [6.07, 6.45) is 0. The fourth-order valence-corrected chi connectivity index (χ4v) is 3.12. The van der Waals surface area contributed by atoms with Crippen molar-refractivity contribution >= 4 is 39.2 Å². The molecule has 108 valence electrons. The number of hydrogen-bond donors (Lipinski definition) is 1. The van der Waals surface area contributed by atoms with Gasteiger partial charge in [-0.1, -0.05) is 54.0 Å². The van der Waals surface area contributed by atoms with Gasteiger partial charge in [0.15, 0.2) is 4.77 Å². The summed E-state index contributed by atoms with van der Waals surface area (Å²) < 4.78 is 3.96. The van der Waals surface area contributed by atoms with E-state index >= 15 is 0 Å². The zero-order chi connectivity index (χ0) is 15.0. The molecular weight excluding hydrogens is 344 g/mol. The predicted molar refractivity (Wildman–Crippen MR) is 94.5 cm³/mol. The highest BCUT2D eigenvalue weighted by Gasteiger charge is 2.06. The molecule has 1 N–H and O–H groups in total. The largest absolute Gasteiger partial charge is 0.331 e. The lowest BCUT2D eigenvalue weighted by Gasteiger charge is -2.08. The van der Waals surface area contributed by atoms with Crippen molar-refractivity contribution in [2.24, 2.45) is 0 Å². The summed E-state index contributed by atoms with van der Waals surface area (Å²) in [5.41, 5.74) is 4.83. The van der Waals surface area contributed by atoms with E-state index < -0.39 is 0 Å². The molecule has 0 fully saturated rings. The van der Waals surface area contributed by atoms with Crippen molar-refractivity contribution in [3.05, 3.63) is 62.8 Å². The maximum Gasteiger partial charge on any atom is 0.178 e. The fourth-order valence-electron chi connectivity index (χ4n) is 2.48. The van der Waals surface area contributed by atoms with Crippen LogP contribution in [0.3, 0.4) is 0 Å². The maximum atomic E-state index is 5.45. The van der Waals surface area contributed by atoms with Crippen molar-refractivity contribution in [2.75, 3.05) is 0 Å². The van der Waals surface area contributed by atoms with Gasteiger partial charge in [0.25, 0.3) is 0 Å². The van der Waals surface area contributed by atoms with Crippen LogP contribution in [0.25, 0.3) is 11.0 Å².